The molecule has 0 aromatic carbocycles. The second kappa shape index (κ2) is 7.55. The predicted octanol–water partition coefficient (Wildman–Crippen LogP) is 5.42. The van der Waals surface area contributed by atoms with E-state index in [2.05, 4.69) is 9.97 Å². The lowest BCUT2D eigenvalue weighted by atomic mass is 10.3. The van der Waals surface area contributed by atoms with Gasteiger partial charge in [0.2, 0.25) is 0 Å². The Morgan fingerprint density at radius 2 is 0.727 bits per heavy atom. The van der Waals surface area contributed by atoms with E-state index in [1.54, 1.807) is 27.7 Å². The van der Waals surface area contributed by atoms with Crippen LogP contribution in [-0.2, 0) is 0 Å². The predicted molar refractivity (Wildman–Crippen MR) is 90.8 cm³/mol. The number of aromatic hydroxyl groups is 2. The highest BCUT2D eigenvalue weighted by Crippen LogP contribution is 2.35. The van der Waals surface area contributed by atoms with Gasteiger partial charge in [-0.05, 0) is 27.7 Å². The Labute approximate surface area is 148 Å². The van der Waals surface area contributed by atoms with E-state index in [4.69, 9.17) is 46.4 Å². The van der Waals surface area contributed by atoms with E-state index in [-0.39, 0.29) is 31.6 Å². The van der Waals surface area contributed by atoms with Crippen molar-refractivity contribution in [1.82, 2.24) is 9.97 Å². The van der Waals surface area contributed by atoms with Gasteiger partial charge in [0.05, 0.1) is 22.8 Å². The van der Waals surface area contributed by atoms with Gasteiger partial charge in [-0.15, -0.1) is 0 Å². The van der Waals surface area contributed by atoms with Crippen LogP contribution in [0.2, 0.25) is 20.1 Å². The van der Waals surface area contributed by atoms with Crippen LogP contribution in [0.25, 0.3) is 0 Å². The van der Waals surface area contributed by atoms with Gasteiger partial charge in [0, 0.05) is 0 Å². The van der Waals surface area contributed by atoms with Crippen molar-refractivity contribution in [1.29, 1.82) is 0 Å². The summed E-state index contributed by atoms with van der Waals surface area (Å²) in [5.74, 6) is -0.170. The summed E-state index contributed by atoms with van der Waals surface area (Å²) < 4.78 is 0. The second-order valence-corrected chi connectivity index (χ2v) is 6.03. The topological polar surface area (TPSA) is 66.2 Å². The molecule has 0 aliphatic rings. The van der Waals surface area contributed by atoms with E-state index in [0.29, 0.717) is 22.8 Å². The first-order valence-corrected chi connectivity index (χ1v) is 7.61. The summed E-state index contributed by atoms with van der Waals surface area (Å²) in [7, 11) is 0. The second-order valence-electron chi connectivity index (χ2n) is 4.52. The molecule has 0 radical (unpaired) electrons. The zero-order valence-electron chi connectivity index (χ0n) is 12.3. The highest BCUT2D eigenvalue weighted by molar-refractivity contribution is 6.38. The molecule has 0 spiro atoms. The van der Waals surface area contributed by atoms with Crippen molar-refractivity contribution in [2.75, 3.05) is 0 Å². The summed E-state index contributed by atoms with van der Waals surface area (Å²) >= 11 is 22.6. The molecule has 0 atom stereocenters. The molecule has 2 aromatic rings. The van der Waals surface area contributed by atoms with E-state index in [1.807, 2.05) is 0 Å². The number of pyridine rings is 2. The number of aryl methyl sites for hydroxylation is 4. The summed E-state index contributed by atoms with van der Waals surface area (Å²) in [6, 6.07) is 0. The molecule has 120 valence electrons. The monoisotopic (exact) mass is 382 g/mol. The molecule has 22 heavy (non-hydrogen) atoms. The number of hydrogen-bond acceptors (Lipinski definition) is 4. The van der Waals surface area contributed by atoms with E-state index in [1.165, 1.54) is 0 Å². The summed E-state index contributed by atoms with van der Waals surface area (Å²) in [5.41, 5.74) is 2.36. The lowest BCUT2D eigenvalue weighted by molar-refractivity contribution is 0.473. The van der Waals surface area contributed by atoms with Crippen molar-refractivity contribution < 1.29 is 10.2 Å². The molecule has 0 saturated carbocycles. The molecular weight excluding hydrogens is 370 g/mol. The molecule has 2 heterocycles. The van der Waals surface area contributed by atoms with Gasteiger partial charge in [0.15, 0.2) is 11.5 Å². The molecule has 2 N–H and O–H groups in total. The van der Waals surface area contributed by atoms with Gasteiger partial charge in [-0.2, -0.15) is 0 Å². The summed E-state index contributed by atoms with van der Waals surface area (Å²) in [4.78, 5) is 8.02. The number of halogens is 4. The molecule has 2 aromatic heterocycles. The number of nitrogens with zero attached hydrogens (tertiary/aromatic N) is 2. The van der Waals surface area contributed by atoms with Crippen LogP contribution in [0.3, 0.4) is 0 Å². The van der Waals surface area contributed by atoms with E-state index < -0.39 is 0 Å². The van der Waals surface area contributed by atoms with Gasteiger partial charge in [0.25, 0.3) is 0 Å². The van der Waals surface area contributed by atoms with Crippen molar-refractivity contribution >= 4 is 46.4 Å². The van der Waals surface area contributed by atoms with Crippen molar-refractivity contribution in [3.05, 3.63) is 42.9 Å². The molecule has 0 aliphatic heterocycles. The van der Waals surface area contributed by atoms with Crippen molar-refractivity contribution in [2.24, 2.45) is 0 Å². The average molecular weight is 384 g/mol. The Kier molecular flexibility index (Phi) is 6.56. The van der Waals surface area contributed by atoms with E-state index in [0.717, 1.165) is 0 Å². The Bertz CT molecular complexity index is 607. The first kappa shape index (κ1) is 19.1. The lowest BCUT2D eigenvalue weighted by Crippen LogP contribution is -1.89. The Balaban J connectivity index is 0.000000220. The first-order chi connectivity index (χ1) is 10.1. The molecule has 0 fully saturated rings. The highest BCUT2D eigenvalue weighted by Gasteiger charge is 2.11. The standard InChI is InChI=1S/2C7H7Cl2NO/c2*1-3-5(8)7(11)6(9)4(2)10-3/h2*1-2H3,(H,10,11). The SMILES string of the molecule is Cc1nc(C)c(Cl)c(O)c1Cl.Cc1nc(C)c(Cl)c(O)c1Cl. The third-order valence-electron chi connectivity index (χ3n) is 2.77. The molecule has 0 aliphatic carbocycles. The maximum absolute atomic E-state index is 9.26. The van der Waals surface area contributed by atoms with Gasteiger partial charge < -0.3 is 10.2 Å². The molecule has 4 nitrogen and oxygen atoms in total. The highest BCUT2D eigenvalue weighted by atomic mass is 35.5. The van der Waals surface area contributed by atoms with Crippen LogP contribution in [-0.4, -0.2) is 20.2 Å². The Hall–Kier alpha value is -0.940. The maximum Gasteiger partial charge on any atom is 0.156 e. The van der Waals surface area contributed by atoms with Crippen LogP contribution in [0.4, 0.5) is 0 Å². The van der Waals surface area contributed by atoms with Crippen LogP contribution in [0.1, 0.15) is 22.8 Å². The van der Waals surface area contributed by atoms with Crippen molar-refractivity contribution in [2.45, 2.75) is 27.7 Å². The minimum Gasteiger partial charge on any atom is -0.505 e. The van der Waals surface area contributed by atoms with Gasteiger partial charge in [-0.25, -0.2) is 0 Å². The summed E-state index contributed by atoms with van der Waals surface area (Å²) in [6.07, 6.45) is 0. The largest absolute Gasteiger partial charge is 0.505 e. The molecule has 0 bridgehead atoms. The van der Waals surface area contributed by atoms with Gasteiger partial charge in [-0.3, -0.25) is 9.97 Å². The molecular formula is C14H14Cl4N2O2. The average Bonchev–Trinajstić information content (AvgIpc) is 2.47. The summed E-state index contributed by atoms with van der Waals surface area (Å²) in [6.45, 7) is 6.85. The van der Waals surface area contributed by atoms with Crippen LogP contribution >= 0.6 is 46.4 Å². The lowest BCUT2D eigenvalue weighted by Gasteiger charge is -2.04. The van der Waals surface area contributed by atoms with Crippen LogP contribution in [0.15, 0.2) is 0 Å². The Morgan fingerprint density at radius 1 is 0.545 bits per heavy atom. The van der Waals surface area contributed by atoms with Crippen molar-refractivity contribution in [3.8, 4) is 11.5 Å². The van der Waals surface area contributed by atoms with E-state index in [9.17, 15) is 10.2 Å². The first-order valence-electron chi connectivity index (χ1n) is 6.10. The summed E-state index contributed by atoms with van der Waals surface area (Å²) in [5, 5.41) is 19.4. The number of hydrogen-bond donors (Lipinski definition) is 2. The molecule has 0 saturated heterocycles. The minimum atomic E-state index is -0.0849. The Morgan fingerprint density at radius 3 is 0.909 bits per heavy atom. The fourth-order valence-corrected chi connectivity index (χ4v) is 2.22. The fourth-order valence-electron chi connectivity index (χ4n) is 1.58. The smallest absolute Gasteiger partial charge is 0.156 e. The van der Waals surface area contributed by atoms with E-state index >= 15 is 0 Å². The molecule has 2 rings (SSSR count). The third-order valence-corrected chi connectivity index (χ3v) is 4.58. The maximum atomic E-state index is 9.26. The van der Waals surface area contributed by atoms with Crippen LogP contribution in [0.5, 0.6) is 11.5 Å². The van der Waals surface area contributed by atoms with Gasteiger partial charge in [0.1, 0.15) is 20.1 Å². The number of aromatic nitrogens is 2. The van der Waals surface area contributed by atoms with Gasteiger partial charge >= 0.3 is 0 Å². The number of rotatable bonds is 0. The zero-order chi connectivity index (χ0) is 17.2. The molecule has 8 heteroatoms. The van der Waals surface area contributed by atoms with Crippen LogP contribution in [0, 0.1) is 27.7 Å². The fraction of sp³-hybridized carbons (Fsp3) is 0.286. The van der Waals surface area contributed by atoms with Gasteiger partial charge in [-0.1, -0.05) is 46.4 Å². The molecule has 0 amide bonds. The quantitative estimate of drug-likeness (QED) is 0.637. The molecule has 0 unspecified atom stereocenters. The normalized spacial score (nSPS) is 10.2. The minimum absolute atomic E-state index is 0.0849. The van der Waals surface area contributed by atoms with Crippen molar-refractivity contribution in [3.63, 3.8) is 0 Å². The third kappa shape index (κ3) is 4.07. The zero-order valence-corrected chi connectivity index (χ0v) is 15.3. The van der Waals surface area contributed by atoms with Crippen LogP contribution < -0.4 is 0 Å².